The van der Waals surface area contributed by atoms with Gasteiger partial charge in [0.1, 0.15) is 0 Å². The summed E-state index contributed by atoms with van der Waals surface area (Å²) in [7, 11) is 1.89. The number of nitrogen functional groups attached to an aromatic ring is 1. The summed E-state index contributed by atoms with van der Waals surface area (Å²) in [6.07, 6.45) is 1.93. The van der Waals surface area contributed by atoms with Crippen molar-refractivity contribution in [1.82, 2.24) is 5.32 Å². The molecule has 0 radical (unpaired) electrons. The summed E-state index contributed by atoms with van der Waals surface area (Å²) < 4.78 is 0. The SMILES string of the molecule is CCC(CC)NC(=O)CN(C)c1cccc(N)c1. The van der Waals surface area contributed by atoms with Gasteiger partial charge in [-0.1, -0.05) is 19.9 Å². The summed E-state index contributed by atoms with van der Waals surface area (Å²) in [6, 6.07) is 7.80. The standard InChI is InChI=1S/C14H23N3O/c1-4-12(5-2)16-14(18)10-17(3)13-8-6-7-11(15)9-13/h6-9,12H,4-5,10,15H2,1-3H3,(H,16,18). The number of carbonyl (C=O) groups is 1. The topological polar surface area (TPSA) is 58.4 Å². The van der Waals surface area contributed by atoms with Crippen molar-refractivity contribution in [2.45, 2.75) is 32.7 Å². The fourth-order valence-electron chi connectivity index (χ4n) is 1.84. The van der Waals surface area contributed by atoms with Crippen LogP contribution in [0.1, 0.15) is 26.7 Å². The van der Waals surface area contributed by atoms with Crippen LogP contribution in [0.5, 0.6) is 0 Å². The van der Waals surface area contributed by atoms with E-state index < -0.39 is 0 Å². The molecular formula is C14H23N3O. The zero-order valence-corrected chi connectivity index (χ0v) is 11.4. The number of hydrogen-bond acceptors (Lipinski definition) is 3. The van der Waals surface area contributed by atoms with Crippen LogP contribution in [0.15, 0.2) is 24.3 Å². The Morgan fingerprint density at radius 2 is 2.06 bits per heavy atom. The summed E-state index contributed by atoms with van der Waals surface area (Å²) in [6.45, 7) is 4.51. The van der Waals surface area contributed by atoms with E-state index in [4.69, 9.17) is 5.73 Å². The summed E-state index contributed by atoms with van der Waals surface area (Å²) in [5, 5.41) is 3.02. The van der Waals surface area contributed by atoms with Gasteiger partial charge in [0.05, 0.1) is 6.54 Å². The molecule has 0 bridgehead atoms. The molecule has 3 N–H and O–H groups in total. The predicted molar refractivity (Wildman–Crippen MR) is 76.6 cm³/mol. The quantitative estimate of drug-likeness (QED) is 0.758. The van der Waals surface area contributed by atoms with Crippen LogP contribution >= 0.6 is 0 Å². The van der Waals surface area contributed by atoms with Crippen LogP contribution < -0.4 is 16.0 Å². The Morgan fingerprint density at radius 3 is 2.61 bits per heavy atom. The molecule has 0 aromatic heterocycles. The van der Waals surface area contributed by atoms with Gasteiger partial charge in [-0.05, 0) is 31.0 Å². The lowest BCUT2D eigenvalue weighted by Crippen LogP contribution is -2.40. The van der Waals surface area contributed by atoms with E-state index >= 15 is 0 Å². The van der Waals surface area contributed by atoms with E-state index in [9.17, 15) is 4.79 Å². The third-order valence-corrected chi connectivity index (χ3v) is 3.04. The molecule has 0 heterocycles. The Morgan fingerprint density at radius 1 is 1.39 bits per heavy atom. The average Bonchev–Trinajstić information content (AvgIpc) is 2.35. The fourth-order valence-corrected chi connectivity index (χ4v) is 1.84. The number of hydrogen-bond donors (Lipinski definition) is 2. The summed E-state index contributed by atoms with van der Waals surface area (Å²) in [4.78, 5) is 13.8. The first kappa shape index (κ1) is 14.4. The lowest BCUT2D eigenvalue weighted by Gasteiger charge is -2.21. The second-order valence-electron chi connectivity index (χ2n) is 4.53. The molecule has 1 amide bonds. The zero-order valence-electron chi connectivity index (χ0n) is 11.4. The Balaban J connectivity index is 2.54. The molecule has 4 nitrogen and oxygen atoms in total. The highest BCUT2D eigenvalue weighted by molar-refractivity contribution is 5.81. The zero-order chi connectivity index (χ0) is 13.5. The molecule has 0 saturated carbocycles. The first-order chi connectivity index (χ1) is 8.56. The van der Waals surface area contributed by atoms with Crippen LogP contribution in [-0.4, -0.2) is 25.5 Å². The van der Waals surface area contributed by atoms with E-state index in [0.717, 1.165) is 18.5 Å². The monoisotopic (exact) mass is 249 g/mol. The molecule has 4 heteroatoms. The van der Waals surface area contributed by atoms with E-state index in [1.54, 1.807) is 0 Å². The van der Waals surface area contributed by atoms with Crippen molar-refractivity contribution in [2.24, 2.45) is 0 Å². The van der Waals surface area contributed by atoms with E-state index in [1.807, 2.05) is 36.2 Å². The molecule has 0 unspecified atom stereocenters. The molecule has 0 atom stereocenters. The first-order valence-electron chi connectivity index (χ1n) is 6.42. The number of amides is 1. The number of rotatable bonds is 6. The molecule has 0 aliphatic carbocycles. The first-order valence-corrected chi connectivity index (χ1v) is 6.42. The van der Waals surface area contributed by atoms with Gasteiger partial charge in [-0.2, -0.15) is 0 Å². The van der Waals surface area contributed by atoms with E-state index in [-0.39, 0.29) is 11.9 Å². The third-order valence-electron chi connectivity index (χ3n) is 3.04. The largest absolute Gasteiger partial charge is 0.399 e. The number of benzene rings is 1. The van der Waals surface area contributed by atoms with Gasteiger partial charge in [0, 0.05) is 24.5 Å². The molecule has 100 valence electrons. The maximum atomic E-state index is 11.9. The van der Waals surface area contributed by atoms with Crippen LogP contribution in [0.3, 0.4) is 0 Å². The van der Waals surface area contributed by atoms with Gasteiger partial charge >= 0.3 is 0 Å². The summed E-state index contributed by atoms with van der Waals surface area (Å²) >= 11 is 0. The lowest BCUT2D eigenvalue weighted by molar-refractivity contribution is -0.120. The predicted octanol–water partition coefficient (Wildman–Crippen LogP) is 2.01. The molecule has 18 heavy (non-hydrogen) atoms. The molecule has 0 spiro atoms. The number of nitrogens with two attached hydrogens (primary N) is 1. The van der Waals surface area contributed by atoms with Gasteiger partial charge in [0.25, 0.3) is 0 Å². The van der Waals surface area contributed by atoms with Crippen molar-refractivity contribution in [3.05, 3.63) is 24.3 Å². The van der Waals surface area contributed by atoms with E-state index in [2.05, 4.69) is 19.2 Å². The fraction of sp³-hybridized carbons (Fsp3) is 0.500. The molecule has 0 fully saturated rings. The van der Waals surface area contributed by atoms with Crippen molar-refractivity contribution < 1.29 is 4.79 Å². The maximum absolute atomic E-state index is 11.9. The molecule has 1 aromatic rings. The second-order valence-corrected chi connectivity index (χ2v) is 4.53. The molecule has 0 aliphatic rings. The van der Waals surface area contributed by atoms with Crippen molar-refractivity contribution >= 4 is 17.3 Å². The summed E-state index contributed by atoms with van der Waals surface area (Å²) in [5.41, 5.74) is 7.39. The van der Waals surface area contributed by atoms with Gasteiger partial charge in [-0.15, -0.1) is 0 Å². The van der Waals surface area contributed by atoms with Crippen LogP contribution in [0, 0.1) is 0 Å². The number of nitrogens with one attached hydrogen (secondary N) is 1. The van der Waals surface area contributed by atoms with Crippen LogP contribution in [0.4, 0.5) is 11.4 Å². The van der Waals surface area contributed by atoms with Crippen molar-refractivity contribution in [2.75, 3.05) is 24.2 Å². The van der Waals surface area contributed by atoms with E-state index in [0.29, 0.717) is 12.2 Å². The van der Waals surface area contributed by atoms with Crippen molar-refractivity contribution in [1.29, 1.82) is 0 Å². The average molecular weight is 249 g/mol. The minimum atomic E-state index is 0.0497. The number of anilines is 2. The highest BCUT2D eigenvalue weighted by atomic mass is 16.2. The lowest BCUT2D eigenvalue weighted by atomic mass is 10.2. The minimum absolute atomic E-state index is 0.0497. The van der Waals surface area contributed by atoms with Crippen LogP contribution in [0.25, 0.3) is 0 Å². The van der Waals surface area contributed by atoms with E-state index in [1.165, 1.54) is 0 Å². The number of likely N-dealkylation sites (N-methyl/N-ethyl adjacent to an activating group) is 1. The third kappa shape index (κ3) is 4.28. The molecule has 0 aliphatic heterocycles. The summed E-state index contributed by atoms with van der Waals surface area (Å²) in [5.74, 6) is 0.0497. The smallest absolute Gasteiger partial charge is 0.239 e. The van der Waals surface area contributed by atoms with Gasteiger partial charge in [-0.25, -0.2) is 0 Å². The van der Waals surface area contributed by atoms with Gasteiger partial charge in [0.2, 0.25) is 5.91 Å². The highest BCUT2D eigenvalue weighted by Crippen LogP contribution is 2.15. The van der Waals surface area contributed by atoms with Crippen LogP contribution in [-0.2, 0) is 4.79 Å². The van der Waals surface area contributed by atoms with Gasteiger partial charge in [-0.3, -0.25) is 4.79 Å². The number of nitrogens with zero attached hydrogens (tertiary/aromatic N) is 1. The second kappa shape index (κ2) is 6.89. The Labute approximate surface area is 109 Å². The molecular weight excluding hydrogens is 226 g/mol. The molecule has 0 saturated heterocycles. The Hall–Kier alpha value is -1.71. The normalized spacial score (nSPS) is 10.4. The minimum Gasteiger partial charge on any atom is -0.399 e. The van der Waals surface area contributed by atoms with Gasteiger partial charge in [0.15, 0.2) is 0 Å². The van der Waals surface area contributed by atoms with Crippen molar-refractivity contribution in [3.8, 4) is 0 Å². The molecule has 1 rings (SSSR count). The van der Waals surface area contributed by atoms with Crippen molar-refractivity contribution in [3.63, 3.8) is 0 Å². The van der Waals surface area contributed by atoms with Crippen LogP contribution in [0.2, 0.25) is 0 Å². The molecule has 1 aromatic carbocycles. The Bertz CT molecular complexity index is 388. The number of carbonyl (C=O) groups excluding carboxylic acids is 1. The highest BCUT2D eigenvalue weighted by Gasteiger charge is 2.11. The van der Waals surface area contributed by atoms with Gasteiger partial charge < -0.3 is 16.0 Å². The Kier molecular flexibility index (Phi) is 5.49. The maximum Gasteiger partial charge on any atom is 0.239 e.